The van der Waals surface area contributed by atoms with E-state index in [1.54, 1.807) is 30.6 Å². The lowest BCUT2D eigenvalue weighted by molar-refractivity contribution is -0.124. The first-order valence-corrected chi connectivity index (χ1v) is 39.6. The third-order valence-electron chi connectivity index (χ3n) is 19.9. The molecule has 5 fully saturated rings. The van der Waals surface area contributed by atoms with Crippen LogP contribution in [0.25, 0.3) is 6.08 Å². The zero-order chi connectivity index (χ0) is 84.1. The van der Waals surface area contributed by atoms with Gasteiger partial charge < -0.3 is 39.9 Å². The number of aromatic nitrogens is 4. The SMILES string of the molecule is Brc1ccc(Br)nc1.C=CB1OC(C)(C)C(C)(C)O1.C=Cc1ccc(Br)cn1.CC1(C)OB(c2ccc(CCN3CCNC(=O)C3)nc2)OC1(C)C.O=C1CN(CCc2ccc(Br)cn2)CCN1.O=C1CNCCN1.[B]B([B])B([B])B(B(B([B])[B])B([B])[B])B(B(B([B])[B])B([B])[B])B(B(B([B])[B])B([B])[B])B(B([B])[B])B([B])[B]. The van der Waals surface area contributed by atoms with Crippen molar-refractivity contribution in [1.82, 2.24) is 51.0 Å². The molecule has 0 aromatic carbocycles. The molecule has 5 aliphatic heterocycles. The van der Waals surface area contributed by atoms with Crippen LogP contribution in [0.15, 0.2) is 110 Å². The van der Waals surface area contributed by atoms with E-state index in [0.717, 1.165) is 106 Å². The number of halogens is 4. The second kappa shape index (κ2) is 50.6. The summed E-state index contributed by atoms with van der Waals surface area (Å²) in [5.41, 5.74) is 2.78. The number of nitrogens with zero attached hydrogens (tertiary/aromatic N) is 6. The van der Waals surface area contributed by atoms with Gasteiger partial charge in [-0.3, -0.25) is 39.1 Å². The molecule has 0 unspecified atom stereocenters. The summed E-state index contributed by atoms with van der Waals surface area (Å²) >= 11 is 13.1. The van der Waals surface area contributed by atoms with E-state index in [1.165, 1.54) is 0 Å². The van der Waals surface area contributed by atoms with Crippen LogP contribution in [0.4, 0.5) is 0 Å². The molecule has 5 saturated heterocycles. The Balaban J connectivity index is 0.000000364. The summed E-state index contributed by atoms with van der Waals surface area (Å²) in [6.07, 6.45) is -7.76. The first-order valence-electron chi connectivity index (χ1n) is 36.4. The Kier molecular flexibility index (Phi) is 47.3. The highest BCUT2D eigenvalue weighted by Gasteiger charge is 2.56. The first kappa shape index (κ1) is 104. The number of carbonyl (C=O) groups excluding carboxylic acids is 3. The summed E-state index contributed by atoms with van der Waals surface area (Å²) in [7, 11) is 116. The molecular weight excluding hydrogens is 1610 g/mol. The fourth-order valence-electron chi connectivity index (χ4n) is 12.6. The average Bonchev–Trinajstić information content (AvgIpc) is 1.68. The van der Waals surface area contributed by atoms with Crippen LogP contribution < -0.4 is 26.7 Å². The molecule has 4 aromatic rings. The van der Waals surface area contributed by atoms with Crippen molar-refractivity contribution in [1.29, 1.82) is 0 Å². The van der Waals surface area contributed by atoms with Gasteiger partial charge in [0.1, 0.15) is 4.60 Å². The van der Waals surface area contributed by atoms with Crippen molar-refractivity contribution < 1.29 is 33.0 Å². The standard InChI is InChI=1S/C17H26BN3O3.C11H14BrN3O.C8H15BO2.C7H6BrN.C5H3Br2N.C4H8N2O.B36/c1-16(2)17(3,4)24-18(23-16)13-5-6-14(20-11-13)7-9-21-10-8-19-15(22)12-21;12-9-1-2-10(14-7-9)3-5-15-6-4-13-11(16)8-15;1-6-9-10-7(2,3)8(4,5)11-9;1-2-7-4-3-6(8)5-9-7;6-4-1-2-5(7)8-3-4;7-4-3-5-1-2-6-4;1-20(2)29(19)34(30(21(3)4)22(5)6)36(33(27(15)16)28(17)18)35(31(23(7)8)24(9)10)32(25(11)12)26(13)14/h5-6,11H,7-10,12H2,1-4H3,(H,19,22);1-2,7H,3-6,8H2,(H,13,16);6H,1H2,2-5H3;2-5H,1H2;1-3H;5H,1-3H2,(H,6,7);. The van der Waals surface area contributed by atoms with Gasteiger partial charge in [0, 0.05) is 376 Å². The summed E-state index contributed by atoms with van der Waals surface area (Å²) < 4.78 is 27.1. The number of pyridine rings is 4. The molecular formula is C52H72B38Br4N10O7. The summed E-state index contributed by atoms with van der Waals surface area (Å²) in [4.78, 5) is 54.0. The Labute approximate surface area is 730 Å². The number of carbonyl (C=O) groups is 3. The number of amides is 3. The van der Waals surface area contributed by atoms with Crippen molar-refractivity contribution in [2.45, 2.75) is 90.6 Å². The highest BCUT2D eigenvalue weighted by atomic mass is 79.9. The summed E-state index contributed by atoms with van der Waals surface area (Å²) in [6, 6.07) is 15.7. The Bertz CT molecular complexity index is 3310. The molecule has 5 aliphatic rings. The van der Waals surface area contributed by atoms with Gasteiger partial charge in [-0.25, -0.2) is 4.98 Å². The van der Waals surface area contributed by atoms with Crippen molar-refractivity contribution in [3.8, 4) is 0 Å². The molecule has 59 heteroatoms. The van der Waals surface area contributed by atoms with Gasteiger partial charge in [-0.05, 0) is 168 Å². The van der Waals surface area contributed by atoms with E-state index < -0.39 is 109 Å². The minimum absolute atomic E-state index is 0.102. The second-order valence-electron chi connectivity index (χ2n) is 29.5. The molecule has 4 aromatic heterocycles. The first-order chi connectivity index (χ1) is 51.7. The maximum atomic E-state index is 11.4. The Morgan fingerprint density at radius 2 is 0.811 bits per heavy atom. The summed E-state index contributed by atoms with van der Waals surface area (Å²) in [5, 5.41) is 11.3. The number of nitrogens with one attached hydrogen (secondary N) is 4. The van der Waals surface area contributed by atoms with Crippen LogP contribution in [-0.2, 0) is 45.8 Å². The van der Waals surface area contributed by atoms with Crippen LogP contribution in [0.3, 0.4) is 0 Å². The lowest BCUT2D eigenvalue weighted by Gasteiger charge is -2.53. The summed E-state index contributed by atoms with van der Waals surface area (Å²) in [6.45, 7) is 31.7. The minimum Gasteiger partial charge on any atom is -0.400 e. The van der Waals surface area contributed by atoms with Crippen molar-refractivity contribution in [2.24, 2.45) is 0 Å². The molecule has 111 heavy (non-hydrogen) atoms. The molecule has 0 aliphatic carbocycles. The van der Waals surface area contributed by atoms with E-state index in [4.69, 9.17) is 166 Å². The van der Waals surface area contributed by atoms with Gasteiger partial charge in [0.25, 0.3) is 0 Å². The molecule has 9 heterocycles. The Morgan fingerprint density at radius 3 is 1.10 bits per heavy atom. The van der Waals surface area contributed by atoms with Crippen LogP contribution in [0.1, 0.15) is 72.5 Å². The molecule has 38 radical (unpaired) electrons. The van der Waals surface area contributed by atoms with Crippen LogP contribution in [0.5, 0.6) is 0 Å². The highest BCUT2D eigenvalue weighted by molar-refractivity contribution is 9.11. The van der Waals surface area contributed by atoms with Crippen LogP contribution >= 0.6 is 63.7 Å². The predicted molar refractivity (Wildman–Crippen MR) is 519 cm³/mol. The summed E-state index contributed by atoms with van der Waals surface area (Å²) in [5.74, 6) is 2.00. The van der Waals surface area contributed by atoms with Gasteiger partial charge in [-0.2, -0.15) is 0 Å². The molecule has 0 bridgehead atoms. The maximum absolute atomic E-state index is 11.4. The van der Waals surface area contributed by atoms with E-state index in [0.29, 0.717) is 19.6 Å². The van der Waals surface area contributed by atoms with Crippen LogP contribution in [-0.4, -0.2) is 412 Å². The van der Waals surface area contributed by atoms with E-state index in [2.05, 4.69) is 128 Å². The molecule has 3 amide bonds. The molecule has 4 N–H and O–H groups in total. The van der Waals surface area contributed by atoms with E-state index >= 15 is 0 Å². The molecule has 0 spiro atoms. The predicted octanol–water partition coefficient (Wildman–Crippen LogP) is -6.93. The minimum atomic E-state index is -1.17. The number of piperazine rings is 3. The highest BCUT2D eigenvalue weighted by Crippen LogP contribution is 2.38. The van der Waals surface area contributed by atoms with E-state index in [1.807, 2.05) is 110 Å². The van der Waals surface area contributed by atoms with Crippen molar-refractivity contribution in [3.05, 3.63) is 128 Å². The van der Waals surface area contributed by atoms with E-state index in [-0.39, 0.29) is 54.4 Å². The smallest absolute Gasteiger partial charge is 0.400 e. The third kappa shape index (κ3) is 35.4. The zero-order valence-electron chi connectivity index (χ0n) is 65.2. The molecule has 0 saturated carbocycles. The monoisotopic (exact) mass is 1680 g/mol. The molecule has 514 valence electrons. The quantitative estimate of drug-likeness (QED) is 0.0362. The maximum Gasteiger partial charge on any atom is 0.496 e. The van der Waals surface area contributed by atoms with Crippen molar-refractivity contribution >= 4 is 363 Å². The third-order valence-corrected chi connectivity index (χ3v) is 21.8. The van der Waals surface area contributed by atoms with Crippen LogP contribution in [0, 0.1) is 0 Å². The Morgan fingerprint density at radius 1 is 0.441 bits per heavy atom. The topological polar surface area (TPSA) is 194 Å². The molecule has 0 atom stereocenters. The fraction of sp³-hybridized carbons (Fsp3) is 0.481. The van der Waals surface area contributed by atoms with Gasteiger partial charge in [0.15, 0.2) is 0 Å². The molecule has 17 nitrogen and oxygen atoms in total. The number of hydrogen-bond donors (Lipinski definition) is 4. The largest absolute Gasteiger partial charge is 0.496 e. The van der Waals surface area contributed by atoms with Gasteiger partial charge in [0.2, 0.25) is 17.7 Å². The van der Waals surface area contributed by atoms with Crippen molar-refractivity contribution in [3.63, 3.8) is 0 Å². The number of rotatable bonds is 25. The van der Waals surface area contributed by atoms with E-state index in [9.17, 15) is 14.4 Å². The van der Waals surface area contributed by atoms with Gasteiger partial charge >= 0.3 is 14.2 Å². The lowest BCUT2D eigenvalue weighted by Crippen LogP contribution is -2.91. The second-order valence-corrected chi connectivity index (χ2v) is 33.1. The zero-order valence-corrected chi connectivity index (χ0v) is 71.5. The van der Waals surface area contributed by atoms with Gasteiger partial charge in [-0.15, -0.1) is 6.58 Å². The van der Waals surface area contributed by atoms with Gasteiger partial charge in [0.05, 0.1) is 47.7 Å². The van der Waals surface area contributed by atoms with Crippen LogP contribution in [0.2, 0.25) is 0 Å². The normalized spacial score (nSPS) is 16.1. The molecule has 9 rings (SSSR count). The van der Waals surface area contributed by atoms with Crippen molar-refractivity contribution in [2.75, 3.05) is 72.0 Å². The van der Waals surface area contributed by atoms with Gasteiger partial charge in [-0.1, -0.05) is 18.6 Å². The number of hydrogen-bond acceptors (Lipinski definition) is 14. The Hall–Kier alpha value is -1.40. The average molecular weight is 1680 g/mol. The lowest BCUT2D eigenvalue weighted by atomic mass is 8.29. The fourth-order valence-corrected chi connectivity index (χ4v) is 13.6.